The standard InChI is InChI=1S/C32H27NO4S/c1-2-36-32(35)26-15-17-27(18-16-26)33-30(34)29(38-31(33)25-11-7-4-8-12-25)21-23-13-19-28(20-14-23)37-22-24-9-5-3-6-10-24/h3-21,31H,2,22H2,1H3/b29-21-. The highest BCUT2D eigenvalue weighted by molar-refractivity contribution is 8.05. The summed E-state index contributed by atoms with van der Waals surface area (Å²) in [6.45, 7) is 2.58. The van der Waals surface area contributed by atoms with Crippen LogP contribution in [0.5, 0.6) is 5.75 Å². The van der Waals surface area contributed by atoms with E-state index in [-0.39, 0.29) is 17.3 Å². The second kappa shape index (κ2) is 11.8. The van der Waals surface area contributed by atoms with Crippen LogP contribution >= 0.6 is 11.8 Å². The van der Waals surface area contributed by atoms with Crippen LogP contribution in [0.4, 0.5) is 5.69 Å². The molecule has 38 heavy (non-hydrogen) atoms. The van der Waals surface area contributed by atoms with Crippen molar-refractivity contribution in [2.75, 3.05) is 11.5 Å². The molecule has 0 aliphatic carbocycles. The summed E-state index contributed by atoms with van der Waals surface area (Å²) in [5, 5.41) is -0.225. The van der Waals surface area contributed by atoms with Gasteiger partial charge in [0.1, 0.15) is 17.7 Å². The first kappa shape index (κ1) is 25.4. The molecule has 0 radical (unpaired) electrons. The summed E-state index contributed by atoms with van der Waals surface area (Å²) in [4.78, 5) is 28.2. The highest BCUT2D eigenvalue weighted by Crippen LogP contribution is 2.48. The van der Waals surface area contributed by atoms with Crippen LogP contribution in [0, 0.1) is 0 Å². The third-order valence-corrected chi connectivity index (χ3v) is 7.32. The Hall–Kier alpha value is -4.29. The molecule has 1 atom stereocenters. The number of benzene rings is 4. The predicted octanol–water partition coefficient (Wildman–Crippen LogP) is 7.26. The SMILES string of the molecule is CCOC(=O)c1ccc(N2C(=O)/C(=C/c3ccc(OCc4ccccc4)cc3)SC2c2ccccc2)cc1. The van der Waals surface area contributed by atoms with Gasteiger partial charge in [-0.25, -0.2) is 4.79 Å². The quantitative estimate of drug-likeness (QED) is 0.180. The number of anilines is 1. The molecule has 1 aliphatic rings. The maximum atomic E-state index is 13.7. The molecule has 0 N–H and O–H groups in total. The van der Waals surface area contributed by atoms with Gasteiger partial charge >= 0.3 is 5.97 Å². The van der Waals surface area contributed by atoms with Crippen LogP contribution in [0.2, 0.25) is 0 Å². The Morgan fingerprint density at radius 1 is 0.868 bits per heavy atom. The van der Waals surface area contributed by atoms with Crippen molar-refractivity contribution in [3.8, 4) is 5.75 Å². The van der Waals surface area contributed by atoms with E-state index in [4.69, 9.17) is 9.47 Å². The van der Waals surface area contributed by atoms with E-state index < -0.39 is 0 Å². The molecule has 1 saturated heterocycles. The molecule has 0 aromatic heterocycles. The molecule has 5 rings (SSSR count). The van der Waals surface area contributed by atoms with Crippen LogP contribution in [-0.2, 0) is 16.1 Å². The van der Waals surface area contributed by atoms with E-state index in [1.165, 1.54) is 11.8 Å². The lowest BCUT2D eigenvalue weighted by Gasteiger charge is -2.24. The van der Waals surface area contributed by atoms with E-state index in [2.05, 4.69) is 0 Å². The van der Waals surface area contributed by atoms with Crippen LogP contribution in [0.1, 0.15) is 39.3 Å². The molecule has 4 aromatic carbocycles. The van der Waals surface area contributed by atoms with Crippen LogP contribution in [0.3, 0.4) is 0 Å². The van der Waals surface area contributed by atoms with Crippen molar-refractivity contribution < 1.29 is 19.1 Å². The first-order valence-corrected chi connectivity index (χ1v) is 13.3. The Morgan fingerprint density at radius 3 is 2.18 bits per heavy atom. The second-order valence-corrected chi connectivity index (χ2v) is 9.80. The van der Waals surface area contributed by atoms with Crippen molar-refractivity contribution in [1.29, 1.82) is 0 Å². The van der Waals surface area contributed by atoms with Crippen molar-refractivity contribution in [1.82, 2.24) is 0 Å². The van der Waals surface area contributed by atoms with Crippen molar-refractivity contribution in [3.05, 3.63) is 136 Å². The number of rotatable bonds is 8. The second-order valence-electron chi connectivity index (χ2n) is 8.68. The highest BCUT2D eigenvalue weighted by atomic mass is 32.2. The summed E-state index contributed by atoms with van der Waals surface area (Å²) < 4.78 is 11.0. The summed E-state index contributed by atoms with van der Waals surface area (Å²) in [5.41, 5.74) is 4.22. The van der Waals surface area contributed by atoms with Gasteiger partial charge in [0, 0.05) is 5.69 Å². The van der Waals surface area contributed by atoms with Gasteiger partial charge in [-0.3, -0.25) is 9.69 Å². The molecule has 0 saturated carbocycles. The van der Waals surface area contributed by atoms with Gasteiger partial charge in [-0.2, -0.15) is 0 Å². The number of hydrogen-bond donors (Lipinski definition) is 0. The third kappa shape index (κ3) is 5.82. The summed E-state index contributed by atoms with van der Waals surface area (Å²) in [5.74, 6) is 0.307. The first-order chi connectivity index (χ1) is 18.6. The molecule has 1 unspecified atom stereocenters. The largest absolute Gasteiger partial charge is 0.489 e. The summed E-state index contributed by atoms with van der Waals surface area (Å²) in [6.07, 6.45) is 1.91. The zero-order chi connectivity index (χ0) is 26.3. The molecular formula is C32H27NO4S. The molecular weight excluding hydrogens is 494 g/mol. The van der Waals surface area contributed by atoms with E-state index in [0.717, 1.165) is 28.1 Å². The molecule has 1 fully saturated rings. The predicted molar refractivity (Wildman–Crippen MR) is 152 cm³/mol. The number of esters is 1. The first-order valence-electron chi connectivity index (χ1n) is 12.4. The lowest BCUT2D eigenvalue weighted by molar-refractivity contribution is -0.114. The minimum Gasteiger partial charge on any atom is -0.489 e. The smallest absolute Gasteiger partial charge is 0.338 e. The Kier molecular flexibility index (Phi) is 7.90. The molecule has 1 amide bonds. The topological polar surface area (TPSA) is 55.8 Å². The number of ether oxygens (including phenoxy) is 2. The number of amides is 1. The van der Waals surface area contributed by atoms with Gasteiger partial charge in [-0.1, -0.05) is 84.6 Å². The van der Waals surface area contributed by atoms with Crippen LogP contribution in [-0.4, -0.2) is 18.5 Å². The number of carbonyl (C=O) groups excluding carboxylic acids is 2. The van der Waals surface area contributed by atoms with Gasteiger partial charge in [0.15, 0.2) is 0 Å². The Bertz CT molecular complexity index is 1420. The molecule has 0 bridgehead atoms. The lowest BCUT2D eigenvalue weighted by Crippen LogP contribution is -2.27. The summed E-state index contributed by atoms with van der Waals surface area (Å²) in [7, 11) is 0. The summed E-state index contributed by atoms with van der Waals surface area (Å²) in [6, 6.07) is 34.7. The average molecular weight is 522 g/mol. The van der Waals surface area contributed by atoms with E-state index in [9.17, 15) is 9.59 Å². The molecule has 6 heteroatoms. The van der Waals surface area contributed by atoms with Crippen molar-refractivity contribution >= 4 is 35.4 Å². The fourth-order valence-electron chi connectivity index (χ4n) is 4.16. The number of thioether (sulfide) groups is 1. The fourth-order valence-corrected chi connectivity index (χ4v) is 5.42. The lowest BCUT2D eigenvalue weighted by atomic mass is 10.1. The molecule has 4 aromatic rings. The van der Waals surface area contributed by atoms with Crippen LogP contribution < -0.4 is 9.64 Å². The highest BCUT2D eigenvalue weighted by Gasteiger charge is 2.38. The molecule has 5 nitrogen and oxygen atoms in total. The van der Waals surface area contributed by atoms with Gasteiger partial charge in [-0.05, 0) is 66.1 Å². The maximum absolute atomic E-state index is 13.7. The molecule has 1 aliphatic heterocycles. The Labute approximate surface area is 226 Å². The minimum atomic E-state index is -0.377. The zero-order valence-corrected chi connectivity index (χ0v) is 21.8. The normalized spacial score (nSPS) is 16.0. The van der Waals surface area contributed by atoms with Crippen molar-refractivity contribution in [2.45, 2.75) is 18.9 Å². The number of nitrogens with zero attached hydrogens (tertiary/aromatic N) is 1. The zero-order valence-electron chi connectivity index (χ0n) is 20.9. The maximum Gasteiger partial charge on any atom is 0.338 e. The van der Waals surface area contributed by atoms with Gasteiger partial charge in [-0.15, -0.1) is 0 Å². The fraction of sp³-hybridized carbons (Fsp3) is 0.125. The monoisotopic (exact) mass is 521 g/mol. The van der Waals surface area contributed by atoms with Gasteiger partial charge < -0.3 is 9.47 Å². The summed E-state index contributed by atoms with van der Waals surface area (Å²) >= 11 is 1.51. The van der Waals surface area contributed by atoms with E-state index in [0.29, 0.717) is 23.7 Å². The number of carbonyl (C=O) groups is 2. The average Bonchev–Trinajstić information content (AvgIpc) is 3.29. The Balaban J connectivity index is 1.37. The van der Waals surface area contributed by atoms with E-state index >= 15 is 0 Å². The molecule has 1 heterocycles. The van der Waals surface area contributed by atoms with Crippen LogP contribution in [0.15, 0.2) is 114 Å². The van der Waals surface area contributed by atoms with Crippen molar-refractivity contribution in [3.63, 3.8) is 0 Å². The third-order valence-electron chi connectivity index (χ3n) is 6.07. The number of hydrogen-bond acceptors (Lipinski definition) is 5. The van der Waals surface area contributed by atoms with Crippen molar-refractivity contribution in [2.24, 2.45) is 0 Å². The Morgan fingerprint density at radius 2 is 1.53 bits per heavy atom. The van der Waals surface area contributed by atoms with Gasteiger partial charge in [0.2, 0.25) is 0 Å². The molecule has 190 valence electrons. The minimum absolute atomic E-state index is 0.0860. The van der Waals surface area contributed by atoms with E-state index in [1.54, 1.807) is 36.1 Å². The van der Waals surface area contributed by atoms with Crippen LogP contribution in [0.25, 0.3) is 6.08 Å². The molecule has 0 spiro atoms. The van der Waals surface area contributed by atoms with Gasteiger partial charge in [0.25, 0.3) is 5.91 Å². The van der Waals surface area contributed by atoms with Gasteiger partial charge in [0.05, 0.1) is 17.1 Å². The van der Waals surface area contributed by atoms with E-state index in [1.807, 2.05) is 91.0 Å².